The molecule has 1 amide bonds. The summed E-state index contributed by atoms with van der Waals surface area (Å²) in [6.07, 6.45) is 7.31. The Hall–Kier alpha value is -4.32. The second-order valence-corrected chi connectivity index (χ2v) is 11.0. The van der Waals surface area contributed by atoms with Gasteiger partial charge in [0.1, 0.15) is 0 Å². The fraction of sp³-hybridized carbons (Fsp3) is 0.314. The van der Waals surface area contributed by atoms with Crippen LogP contribution in [0.2, 0.25) is 0 Å². The van der Waals surface area contributed by atoms with E-state index in [1.807, 2.05) is 24.3 Å². The minimum Gasteiger partial charge on any atom is -0.481 e. The number of hydrogen-bond acceptors (Lipinski definition) is 4. The van der Waals surface area contributed by atoms with Gasteiger partial charge in [0.25, 0.3) is 5.91 Å². The average molecular weight is 552 g/mol. The number of aliphatic carboxylic acids is 1. The van der Waals surface area contributed by atoms with Crippen LogP contribution < -0.4 is 5.32 Å². The zero-order valence-electron chi connectivity index (χ0n) is 23.7. The SMILES string of the molecule is CC(C)c1ccc(C(=O)/C=C(\C(=O)c2ccc(C(=O)NCCC(=O)O)cc2)c2ccc(C3CCCCC3)cc2)cc1. The molecule has 6 heteroatoms. The highest BCUT2D eigenvalue weighted by atomic mass is 16.4. The van der Waals surface area contributed by atoms with Crippen molar-refractivity contribution in [2.24, 2.45) is 0 Å². The maximum atomic E-state index is 13.8. The number of nitrogens with one attached hydrogen (secondary N) is 1. The first-order valence-corrected chi connectivity index (χ1v) is 14.3. The van der Waals surface area contributed by atoms with Gasteiger partial charge in [0, 0.05) is 28.8 Å². The molecule has 0 atom stereocenters. The number of Topliss-reactive ketones (excluding diaryl/α,β-unsaturated/α-hetero) is 1. The van der Waals surface area contributed by atoms with E-state index in [1.165, 1.54) is 55.9 Å². The van der Waals surface area contributed by atoms with Gasteiger partial charge in [-0.2, -0.15) is 0 Å². The Morgan fingerprint density at radius 2 is 1.34 bits per heavy atom. The van der Waals surface area contributed by atoms with Crippen LogP contribution in [0.3, 0.4) is 0 Å². The van der Waals surface area contributed by atoms with Gasteiger partial charge in [0.2, 0.25) is 0 Å². The molecular formula is C35H37NO5. The zero-order valence-corrected chi connectivity index (χ0v) is 23.7. The van der Waals surface area contributed by atoms with Crippen molar-refractivity contribution in [3.8, 4) is 0 Å². The van der Waals surface area contributed by atoms with Crippen molar-refractivity contribution in [2.75, 3.05) is 6.54 Å². The Morgan fingerprint density at radius 1 is 0.780 bits per heavy atom. The molecule has 6 nitrogen and oxygen atoms in total. The average Bonchev–Trinajstić information content (AvgIpc) is 3.00. The molecule has 1 fully saturated rings. The van der Waals surface area contributed by atoms with E-state index in [9.17, 15) is 19.2 Å². The molecule has 1 saturated carbocycles. The second kappa shape index (κ2) is 13.8. The lowest BCUT2D eigenvalue weighted by Gasteiger charge is -2.22. The van der Waals surface area contributed by atoms with Crippen molar-refractivity contribution in [3.05, 3.63) is 112 Å². The van der Waals surface area contributed by atoms with Crippen LogP contribution in [-0.4, -0.2) is 35.1 Å². The van der Waals surface area contributed by atoms with Crippen molar-refractivity contribution in [1.82, 2.24) is 5.32 Å². The molecule has 0 radical (unpaired) electrons. The second-order valence-electron chi connectivity index (χ2n) is 11.0. The number of allylic oxidation sites excluding steroid dienone is 2. The summed E-state index contributed by atoms with van der Waals surface area (Å²) in [6.45, 7) is 4.20. The molecule has 1 aliphatic rings. The van der Waals surface area contributed by atoms with E-state index in [2.05, 4.69) is 31.3 Å². The highest BCUT2D eigenvalue weighted by molar-refractivity contribution is 6.32. The summed E-state index contributed by atoms with van der Waals surface area (Å²) in [4.78, 5) is 50.2. The van der Waals surface area contributed by atoms with Gasteiger partial charge in [-0.15, -0.1) is 0 Å². The Kier molecular flexibility index (Phi) is 10.0. The molecule has 212 valence electrons. The fourth-order valence-electron chi connectivity index (χ4n) is 5.21. The number of amides is 1. The molecule has 2 N–H and O–H groups in total. The van der Waals surface area contributed by atoms with Crippen molar-refractivity contribution in [1.29, 1.82) is 0 Å². The van der Waals surface area contributed by atoms with Gasteiger partial charge in [-0.3, -0.25) is 19.2 Å². The molecule has 0 aliphatic heterocycles. The van der Waals surface area contributed by atoms with E-state index in [4.69, 9.17) is 5.11 Å². The number of ketones is 2. The quantitative estimate of drug-likeness (QED) is 0.194. The Balaban J connectivity index is 1.61. The summed E-state index contributed by atoms with van der Waals surface area (Å²) in [5, 5.41) is 11.3. The predicted molar refractivity (Wildman–Crippen MR) is 160 cm³/mol. The van der Waals surface area contributed by atoms with Crippen LogP contribution in [0.1, 0.15) is 112 Å². The van der Waals surface area contributed by atoms with Gasteiger partial charge in [-0.25, -0.2) is 0 Å². The predicted octanol–water partition coefficient (Wildman–Crippen LogP) is 7.21. The van der Waals surface area contributed by atoms with Crippen LogP contribution >= 0.6 is 0 Å². The molecule has 3 aromatic rings. The number of hydrogen-bond donors (Lipinski definition) is 2. The van der Waals surface area contributed by atoms with Gasteiger partial charge >= 0.3 is 5.97 Å². The molecule has 0 bridgehead atoms. The first-order valence-electron chi connectivity index (χ1n) is 14.3. The van der Waals surface area contributed by atoms with Gasteiger partial charge in [-0.1, -0.05) is 93.8 Å². The van der Waals surface area contributed by atoms with E-state index in [0.717, 1.165) is 5.56 Å². The lowest BCUT2D eigenvalue weighted by molar-refractivity contribution is -0.136. The van der Waals surface area contributed by atoms with Crippen LogP contribution in [0.15, 0.2) is 78.9 Å². The minimum absolute atomic E-state index is 0.0127. The fourth-order valence-corrected chi connectivity index (χ4v) is 5.21. The molecule has 0 unspecified atom stereocenters. The first-order chi connectivity index (χ1) is 19.7. The Labute approximate surface area is 241 Å². The smallest absolute Gasteiger partial charge is 0.305 e. The zero-order chi connectivity index (χ0) is 29.4. The van der Waals surface area contributed by atoms with Gasteiger partial charge in [0.05, 0.1) is 6.42 Å². The van der Waals surface area contributed by atoms with Gasteiger partial charge < -0.3 is 10.4 Å². The van der Waals surface area contributed by atoms with E-state index in [0.29, 0.717) is 34.1 Å². The molecule has 0 saturated heterocycles. The van der Waals surface area contributed by atoms with E-state index >= 15 is 0 Å². The Morgan fingerprint density at radius 3 is 1.93 bits per heavy atom. The molecule has 3 aromatic carbocycles. The number of carbonyl (C=O) groups excluding carboxylic acids is 3. The molecule has 0 aromatic heterocycles. The topological polar surface area (TPSA) is 101 Å². The van der Waals surface area contributed by atoms with Crippen LogP contribution in [0.4, 0.5) is 0 Å². The third kappa shape index (κ3) is 7.88. The van der Waals surface area contributed by atoms with E-state index in [1.54, 1.807) is 24.3 Å². The summed E-state index contributed by atoms with van der Waals surface area (Å²) in [5.41, 5.74) is 4.51. The number of rotatable bonds is 11. The molecule has 41 heavy (non-hydrogen) atoms. The maximum absolute atomic E-state index is 13.8. The van der Waals surface area contributed by atoms with Crippen molar-refractivity contribution in [2.45, 2.75) is 64.2 Å². The maximum Gasteiger partial charge on any atom is 0.305 e. The third-order valence-corrected chi connectivity index (χ3v) is 7.71. The lowest BCUT2D eigenvalue weighted by Crippen LogP contribution is -2.26. The highest BCUT2D eigenvalue weighted by Crippen LogP contribution is 2.33. The van der Waals surface area contributed by atoms with E-state index in [-0.39, 0.29) is 30.1 Å². The lowest BCUT2D eigenvalue weighted by atomic mass is 9.83. The monoisotopic (exact) mass is 551 g/mol. The molecular weight excluding hydrogens is 514 g/mol. The third-order valence-electron chi connectivity index (χ3n) is 7.71. The van der Waals surface area contributed by atoms with E-state index < -0.39 is 11.9 Å². The van der Waals surface area contributed by atoms with Crippen molar-refractivity contribution in [3.63, 3.8) is 0 Å². The largest absolute Gasteiger partial charge is 0.481 e. The molecule has 0 heterocycles. The highest BCUT2D eigenvalue weighted by Gasteiger charge is 2.20. The molecule has 1 aliphatic carbocycles. The summed E-state index contributed by atoms with van der Waals surface area (Å²) in [6, 6.07) is 21.6. The van der Waals surface area contributed by atoms with Gasteiger partial charge in [-0.05, 0) is 59.6 Å². The van der Waals surface area contributed by atoms with Crippen LogP contribution in [0, 0.1) is 0 Å². The van der Waals surface area contributed by atoms with Crippen molar-refractivity contribution >= 4 is 29.0 Å². The minimum atomic E-state index is -0.997. The first kappa shape index (κ1) is 29.7. The van der Waals surface area contributed by atoms with Gasteiger partial charge in [0.15, 0.2) is 11.6 Å². The standard InChI is InChI=1S/C35H37NO5/c1-23(2)24-8-14-28(15-9-24)32(37)22-31(27-12-10-26(11-13-27)25-6-4-3-5-7-25)34(40)29-16-18-30(19-17-29)35(41)36-21-20-33(38)39/h8-19,22-23,25H,3-7,20-21H2,1-2H3,(H,36,41)(H,38,39)/b31-22-. The summed E-state index contributed by atoms with van der Waals surface area (Å²) < 4.78 is 0. The normalized spacial score (nSPS) is 14.1. The van der Waals surface area contributed by atoms with Crippen LogP contribution in [0.25, 0.3) is 5.57 Å². The summed E-state index contributed by atoms with van der Waals surface area (Å²) in [7, 11) is 0. The van der Waals surface area contributed by atoms with Crippen LogP contribution in [0.5, 0.6) is 0 Å². The number of benzene rings is 3. The number of carbonyl (C=O) groups is 4. The number of carboxylic acids is 1. The summed E-state index contributed by atoms with van der Waals surface area (Å²) in [5.74, 6) is -1.12. The number of carboxylic acid groups (broad SMARTS) is 1. The molecule has 4 rings (SSSR count). The Bertz CT molecular complexity index is 1410. The summed E-state index contributed by atoms with van der Waals surface area (Å²) >= 11 is 0. The van der Waals surface area contributed by atoms with Crippen molar-refractivity contribution < 1.29 is 24.3 Å². The van der Waals surface area contributed by atoms with Crippen LogP contribution in [-0.2, 0) is 4.79 Å². The molecule has 0 spiro atoms.